The molecule has 1 aromatic carbocycles. The van der Waals surface area contributed by atoms with Crippen LogP contribution in [0.4, 0.5) is 5.95 Å². The molecule has 0 unspecified atom stereocenters. The van der Waals surface area contributed by atoms with Crippen molar-refractivity contribution in [1.82, 2.24) is 19.5 Å². The number of ether oxygens (including phenoxy) is 1. The predicted molar refractivity (Wildman–Crippen MR) is 95.4 cm³/mol. The number of imidazole rings is 1. The van der Waals surface area contributed by atoms with Crippen LogP contribution in [0.2, 0.25) is 0 Å². The van der Waals surface area contributed by atoms with Gasteiger partial charge in [-0.05, 0) is 18.4 Å². The summed E-state index contributed by atoms with van der Waals surface area (Å²) in [5, 5.41) is 0. The number of hydrogen-bond donors (Lipinski definition) is 0. The molecule has 1 fully saturated rings. The Hall–Kier alpha value is -2.89. The molecule has 0 amide bonds. The SMILES string of the molecule is c1ccc(COc2ccnc(N3CCC[C@@H]3Cn3ccnc3)n2)cc1. The van der Waals surface area contributed by atoms with Crippen molar-refractivity contribution in [2.24, 2.45) is 0 Å². The Morgan fingerprint density at radius 1 is 1.12 bits per heavy atom. The lowest BCUT2D eigenvalue weighted by molar-refractivity contribution is 0.293. The summed E-state index contributed by atoms with van der Waals surface area (Å²) in [5.41, 5.74) is 1.13. The normalized spacial score (nSPS) is 17.0. The lowest BCUT2D eigenvalue weighted by Crippen LogP contribution is -2.34. The summed E-state index contributed by atoms with van der Waals surface area (Å²) >= 11 is 0. The van der Waals surface area contributed by atoms with E-state index in [1.807, 2.05) is 55.1 Å². The van der Waals surface area contributed by atoms with Gasteiger partial charge >= 0.3 is 0 Å². The minimum atomic E-state index is 0.388. The van der Waals surface area contributed by atoms with Crippen LogP contribution < -0.4 is 9.64 Å². The van der Waals surface area contributed by atoms with E-state index in [-0.39, 0.29) is 0 Å². The van der Waals surface area contributed by atoms with Gasteiger partial charge in [0.25, 0.3) is 0 Å². The monoisotopic (exact) mass is 335 g/mol. The van der Waals surface area contributed by atoms with E-state index in [0.29, 0.717) is 18.5 Å². The maximum Gasteiger partial charge on any atom is 0.228 e. The van der Waals surface area contributed by atoms with Crippen LogP contribution in [0.15, 0.2) is 61.3 Å². The highest BCUT2D eigenvalue weighted by Gasteiger charge is 2.27. The van der Waals surface area contributed by atoms with Crippen LogP contribution in [0.1, 0.15) is 18.4 Å². The van der Waals surface area contributed by atoms with E-state index in [0.717, 1.165) is 37.4 Å². The van der Waals surface area contributed by atoms with Crippen molar-refractivity contribution >= 4 is 5.95 Å². The largest absolute Gasteiger partial charge is 0.473 e. The highest BCUT2D eigenvalue weighted by molar-refractivity contribution is 5.35. The van der Waals surface area contributed by atoms with Crippen LogP contribution in [0.25, 0.3) is 0 Å². The first kappa shape index (κ1) is 15.6. The summed E-state index contributed by atoms with van der Waals surface area (Å²) in [5.74, 6) is 1.36. The number of aromatic nitrogens is 4. The van der Waals surface area contributed by atoms with E-state index in [9.17, 15) is 0 Å². The molecule has 0 radical (unpaired) electrons. The molecule has 1 aliphatic rings. The van der Waals surface area contributed by atoms with Crippen molar-refractivity contribution < 1.29 is 4.74 Å². The predicted octanol–water partition coefficient (Wildman–Crippen LogP) is 2.92. The summed E-state index contributed by atoms with van der Waals surface area (Å²) < 4.78 is 7.95. The fourth-order valence-electron chi connectivity index (χ4n) is 3.21. The smallest absolute Gasteiger partial charge is 0.228 e. The van der Waals surface area contributed by atoms with E-state index in [1.165, 1.54) is 0 Å². The molecule has 25 heavy (non-hydrogen) atoms. The standard InChI is InChI=1S/C19H21N5O/c1-2-5-16(6-3-1)14-25-18-8-9-21-19(22-18)24-11-4-7-17(24)13-23-12-10-20-15-23/h1-3,5-6,8-10,12,15,17H,4,7,11,13-14H2/t17-/m1/s1. The number of nitrogens with zero attached hydrogens (tertiary/aromatic N) is 5. The fraction of sp³-hybridized carbons (Fsp3) is 0.316. The van der Waals surface area contributed by atoms with Gasteiger partial charge in [0.15, 0.2) is 0 Å². The quantitative estimate of drug-likeness (QED) is 0.693. The average molecular weight is 335 g/mol. The lowest BCUT2D eigenvalue weighted by atomic mass is 10.2. The molecule has 0 N–H and O–H groups in total. The number of hydrogen-bond acceptors (Lipinski definition) is 5. The minimum Gasteiger partial charge on any atom is -0.473 e. The summed E-state index contributed by atoms with van der Waals surface area (Å²) in [7, 11) is 0. The summed E-state index contributed by atoms with van der Waals surface area (Å²) in [6, 6.07) is 12.3. The molecule has 2 aromatic heterocycles. The first-order valence-electron chi connectivity index (χ1n) is 8.60. The molecule has 1 aliphatic heterocycles. The van der Waals surface area contributed by atoms with Gasteiger partial charge in [0, 0.05) is 43.8 Å². The Morgan fingerprint density at radius 3 is 2.88 bits per heavy atom. The Morgan fingerprint density at radius 2 is 2.04 bits per heavy atom. The molecule has 6 nitrogen and oxygen atoms in total. The average Bonchev–Trinajstić information content (AvgIpc) is 3.34. The third-order valence-corrected chi connectivity index (χ3v) is 4.46. The molecular weight excluding hydrogens is 314 g/mol. The maximum absolute atomic E-state index is 5.84. The van der Waals surface area contributed by atoms with Crippen LogP contribution in [-0.4, -0.2) is 32.1 Å². The van der Waals surface area contributed by atoms with Gasteiger partial charge in [-0.25, -0.2) is 9.97 Å². The highest BCUT2D eigenvalue weighted by atomic mass is 16.5. The number of anilines is 1. The van der Waals surface area contributed by atoms with E-state index < -0.39 is 0 Å². The number of benzene rings is 1. The van der Waals surface area contributed by atoms with Crippen molar-refractivity contribution in [3.8, 4) is 5.88 Å². The second kappa shape index (κ2) is 7.34. The molecular formula is C19H21N5O. The van der Waals surface area contributed by atoms with Crippen molar-refractivity contribution in [2.75, 3.05) is 11.4 Å². The van der Waals surface area contributed by atoms with Crippen molar-refractivity contribution in [3.05, 3.63) is 66.9 Å². The van der Waals surface area contributed by atoms with Gasteiger partial charge in [0.1, 0.15) is 6.61 Å². The second-order valence-corrected chi connectivity index (χ2v) is 6.22. The zero-order chi connectivity index (χ0) is 16.9. The summed E-state index contributed by atoms with van der Waals surface area (Å²) in [6.07, 6.45) is 9.73. The molecule has 0 bridgehead atoms. The van der Waals surface area contributed by atoms with Crippen molar-refractivity contribution in [2.45, 2.75) is 32.0 Å². The maximum atomic E-state index is 5.84. The van der Waals surface area contributed by atoms with E-state index in [2.05, 4.69) is 24.4 Å². The van der Waals surface area contributed by atoms with Gasteiger partial charge in [-0.2, -0.15) is 4.98 Å². The third kappa shape index (κ3) is 3.79. The van der Waals surface area contributed by atoms with Crippen LogP contribution in [0.3, 0.4) is 0 Å². The molecule has 1 saturated heterocycles. The van der Waals surface area contributed by atoms with Gasteiger partial charge < -0.3 is 14.2 Å². The minimum absolute atomic E-state index is 0.388. The Labute approximate surface area is 147 Å². The van der Waals surface area contributed by atoms with Crippen LogP contribution >= 0.6 is 0 Å². The summed E-state index contributed by atoms with van der Waals surface area (Å²) in [6.45, 7) is 2.38. The van der Waals surface area contributed by atoms with Gasteiger partial charge in [0.05, 0.1) is 6.33 Å². The lowest BCUT2D eigenvalue weighted by Gasteiger charge is -2.25. The van der Waals surface area contributed by atoms with Gasteiger partial charge in [0.2, 0.25) is 11.8 Å². The van der Waals surface area contributed by atoms with Gasteiger partial charge in [-0.3, -0.25) is 0 Å². The van der Waals surface area contributed by atoms with Crippen LogP contribution in [0, 0.1) is 0 Å². The van der Waals surface area contributed by atoms with Crippen molar-refractivity contribution in [3.63, 3.8) is 0 Å². The molecule has 6 heteroatoms. The molecule has 3 aromatic rings. The van der Waals surface area contributed by atoms with Gasteiger partial charge in [-0.1, -0.05) is 30.3 Å². The first-order chi connectivity index (χ1) is 12.4. The molecule has 128 valence electrons. The first-order valence-corrected chi connectivity index (χ1v) is 8.60. The molecule has 3 heterocycles. The number of rotatable bonds is 6. The second-order valence-electron chi connectivity index (χ2n) is 6.22. The Kier molecular flexibility index (Phi) is 4.59. The van der Waals surface area contributed by atoms with Gasteiger partial charge in [-0.15, -0.1) is 0 Å². The molecule has 0 spiro atoms. The molecule has 4 rings (SSSR count). The highest BCUT2D eigenvalue weighted by Crippen LogP contribution is 2.25. The Bertz CT molecular complexity index is 791. The van der Waals surface area contributed by atoms with E-state index in [4.69, 9.17) is 4.74 Å². The van der Waals surface area contributed by atoms with Crippen molar-refractivity contribution in [1.29, 1.82) is 0 Å². The van der Waals surface area contributed by atoms with E-state index >= 15 is 0 Å². The Balaban J connectivity index is 1.44. The molecule has 1 atom stereocenters. The third-order valence-electron chi connectivity index (χ3n) is 4.46. The molecule has 0 saturated carbocycles. The van der Waals surface area contributed by atoms with Crippen LogP contribution in [0.5, 0.6) is 5.88 Å². The summed E-state index contributed by atoms with van der Waals surface area (Å²) in [4.78, 5) is 15.5. The van der Waals surface area contributed by atoms with Crippen LogP contribution in [-0.2, 0) is 13.2 Å². The zero-order valence-electron chi connectivity index (χ0n) is 14.0. The zero-order valence-corrected chi connectivity index (χ0v) is 14.0. The molecule has 0 aliphatic carbocycles. The fourth-order valence-corrected chi connectivity index (χ4v) is 3.21. The topological polar surface area (TPSA) is 56.1 Å². The van der Waals surface area contributed by atoms with E-state index in [1.54, 1.807) is 6.20 Å².